The molecule has 9 heteroatoms. The molecule has 1 fully saturated rings. The number of hydrogen-bond acceptors (Lipinski definition) is 5. The van der Waals surface area contributed by atoms with Crippen LogP contribution < -0.4 is 10.6 Å². The molecule has 1 aliphatic rings. The van der Waals surface area contributed by atoms with E-state index in [0.717, 1.165) is 0 Å². The van der Waals surface area contributed by atoms with Crippen LogP contribution >= 0.6 is 23.2 Å². The summed E-state index contributed by atoms with van der Waals surface area (Å²) in [5, 5.41) is 10.7. The summed E-state index contributed by atoms with van der Waals surface area (Å²) in [7, 11) is 0. The van der Waals surface area contributed by atoms with Crippen LogP contribution in [0.4, 0.5) is 14.6 Å². The fourth-order valence-corrected chi connectivity index (χ4v) is 4.10. The van der Waals surface area contributed by atoms with E-state index in [4.69, 9.17) is 28.9 Å². The lowest BCUT2D eigenvalue weighted by molar-refractivity contribution is 0.0377. The van der Waals surface area contributed by atoms with Crippen molar-refractivity contribution in [1.29, 1.82) is 0 Å². The number of nitrogens with two attached hydrogens (primary N) is 1. The van der Waals surface area contributed by atoms with Gasteiger partial charge in [-0.1, -0.05) is 42.3 Å². The summed E-state index contributed by atoms with van der Waals surface area (Å²) in [5.74, 6) is 0.555. The summed E-state index contributed by atoms with van der Waals surface area (Å²) < 4.78 is 26.2. The minimum atomic E-state index is -2.55. The minimum absolute atomic E-state index is 0.307. The molecule has 3 N–H and O–H groups in total. The van der Waals surface area contributed by atoms with Crippen molar-refractivity contribution in [1.82, 2.24) is 9.97 Å². The largest absolute Gasteiger partial charge is 0.390 e. The van der Waals surface area contributed by atoms with E-state index in [2.05, 4.69) is 9.97 Å². The number of aryl methyl sites for hydroxylation is 1. The molecule has 1 aromatic heterocycles. The van der Waals surface area contributed by atoms with Crippen LogP contribution in [-0.4, -0.2) is 40.6 Å². The van der Waals surface area contributed by atoms with E-state index in [-0.39, 0.29) is 6.61 Å². The number of benzene rings is 1. The van der Waals surface area contributed by atoms with Crippen LogP contribution in [0.2, 0.25) is 10.0 Å². The van der Waals surface area contributed by atoms with Gasteiger partial charge in [0.15, 0.2) is 5.82 Å². The predicted octanol–water partition coefficient (Wildman–Crippen LogP) is 4.45. The van der Waals surface area contributed by atoms with E-state index in [1.165, 1.54) is 0 Å². The Morgan fingerprint density at radius 3 is 2.48 bits per heavy atom. The second-order valence-electron chi connectivity index (χ2n) is 7.69. The van der Waals surface area contributed by atoms with Gasteiger partial charge in [0.25, 0.3) is 6.43 Å². The first-order valence-electron chi connectivity index (χ1n) is 9.39. The highest BCUT2D eigenvalue weighted by Crippen LogP contribution is 2.39. The molecule has 1 unspecified atom stereocenters. The van der Waals surface area contributed by atoms with Crippen LogP contribution in [0.25, 0.3) is 11.3 Å². The Hall–Kier alpha value is -1.54. The van der Waals surface area contributed by atoms with Crippen LogP contribution in [0.3, 0.4) is 0 Å². The molecule has 0 amide bonds. The fraction of sp³-hybridized carbons (Fsp3) is 0.500. The Kier molecular flexibility index (Phi) is 6.63. The summed E-state index contributed by atoms with van der Waals surface area (Å²) in [6.07, 6.45) is -1.54. The Bertz CT molecular complexity index is 889. The first-order valence-corrected chi connectivity index (χ1v) is 10.1. The molecule has 0 spiro atoms. The average Bonchev–Trinajstić information content (AvgIpc) is 2.70. The van der Waals surface area contributed by atoms with Crippen LogP contribution in [0, 0.1) is 12.3 Å². The van der Waals surface area contributed by atoms with Crippen molar-refractivity contribution in [2.24, 2.45) is 11.1 Å². The van der Waals surface area contributed by atoms with Gasteiger partial charge in [0.2, 0.25) is 0 Å². The van der Waals surface area contributed by atoms with Gasteiger partial charge in [0.1, 0.15) is 5.69 Å². The summed E-state index contributed by atoms with van der Waals surface area (Å²) in [4.78, 5) is 11.2. The maximum atomic E-state index is 13.1. The van der Waals surface area contributed by atoms with E-state index in [1.54, 1.807) is 25.1 Å². The van der Waals surface area contributed by atoms with E-state index in [9.17, 15) is 13.9 Å². The lowest BCUT2D eigenvalue weighted by Crippen LogP contribution is -2.51. The summed E-state index contributed by atoms with van der Waals surface area (Å²) in [6.45, 7) is 4.32. The van der Waals surface area contributed by atoms with Crippen LogP contribution in [0.5, 0.6) is 0 Å². The molecule has 1 saturated heterocycles. The third-order valence-electron chi connectivity index (χ3n) is 5.76. The Morgan fingerprint density at radius 1 is 1.24 bits per heavy atom. The number of halogens is 4. The van der Waals surface area contributed by atoms with Gasteiger partial charge in [-0.25, -0.2) is 18.7 Å². The molecule has 1 aliphatic heterocycles. The average molecular weight is 445 g/mol. The van der Waals surface area contributed by atoms with Crippen molar-refractivity contribution >= 4 is 29.0 Å². The zero-order chi connectivity index (χ0) is 21.3. The normalized spacial score (nSPS) is 17.6. The predicted molar refractivity (Wildman–Crippen MR) is 112 cm³/mol. The zero-order valence-corrected chi connectivity index (χ0v) is 17.8. The van der Waals surface area contributed by atoms with Gasteiger partial charge in [-0.15, -0.1) is 0 Å². The summed E-state index contributed by atoms with van der Waals surface area (Å²) >= 11 is 12.4. The highest BCUT2D eigenvalue weighted by atomic mass is 35.5. The second-order valence-corrected chi connectivity index (χ2v) is 8.47. The maximum Gasteiger partial charge on any atom is 0.254 e. The van der Waals surface area contributed by atoms with Crippen molar-refractivity contribution in [2.45, 2.75) is 45.8 Å². The highest BCUT2D eigenvalue weighted by molar-refractivity contribution is 6.43. The first-order chi connectivity index (χ1) is 13.7. The molecule has 2 heterocycles. The number of rotatable bonds is 5. The molecule has 1 aromatic carbocycles. The molecule has 0 radical (unpaired) electrons. The maximum absolute atomic E-state index is 13.1. The molecule has 29 heavy (non-hydrogen) atoms. The first kappa shape index (κ1) is 22.2. The van der Waals surface area contributed by atoms with Gasteiger partial charge in [0, 0.05) is 18.7 Å². The number of piperidine rings is 1. The smallest absolute Gasteiger partial charge is 0.254 e. The molecule has 0 bridgehead atoms. The van der Waals surface area contributed by atoms with Gasteiger partial charge in [-0.05, 0) is 31.2 Å². The van der Waals surface area contributed by atoms with Crippen LogP contribution in [-0.2, 0) is 6.61 Å². The van der Waals surface area contributed by atoms with Gasteiger partial charge >= 0.3 is 0 Å². The van der Waals surface area contributed by atoms with Crippen molar-refractivity contribution in [3.63, 3.8) is 0 Å². The monoisotopic (exact) mass is 444 g/mol. The zero-order valence-electron chi connectivity index (χ0n) is 16.3. The lowest BCUT2D eigenvalue weighted by Gasteiger charge is -2.43. The molecule has 0 aliphatic carbocycles. The molecule has 5 nitrogen and oxygen atoms in total. The van der Waals surface area contributed by atoms with Crippen molar-refractivity contribution in [2.75, 3.05) is 18.0 Å². The van der Waals surface area contributed by atoms with Gasteiger partial charge in [-0.2, -0.15) is 0 Å². The molecule has 0 saturated carbocycles. The summed E-state index contributed by atoms with van der Waals surface area (Å²) in [5.41, 5.74) is 7.33. The van der Waals surface area contributed by atoms with Crippen LogP contribution in [0.15, 0.2) is 18.2 Å². The number of alkyl halides is 2. The molecular weight excluding hydrogens is 421 g/mol. The van der Waals surface area contributed by atoms with Gasteiger partial charge < -0.3 is 15.7 Å². The highest BCUT2D eigenvalue weighted by Gasteiger charge is 2.40. The third kappa shape index (κ3) is 4.33. The molecular formula is C20H24Cl2F2N4O. The molecule has 158 valence electrons. The Morgan fingerprint density at radius 2 is 1.90 bits per heavy atom. The standard InChI is InChI=1S/C20H24Cl2F2N4O/c1-11-16(12-4-3-5-13(21)15(12)22)27-14(10-29)19(26-11)28-8-6-20(2,7-9-28)17(25)18(23)24/h3-5,17-18,29H,6-10,25H2,1-2H3. The number of aliphatic hydroxyl groups excluding tert-OH is 1. The Balaban J connectivity index is 1.90. The van der Waals surface area contributed by atoms with E-state index in [1.807, 2.05) is 11.8 Å². The molecule has 3 rings (SSSR count). The third-order valence-corrected chi connectivity index (χ3v) is 6.58. The van der Waals surface area contributed by atoms with Crippen molar-refractivity contribution in [3.8, 4) is 11.3 Å². The Labute approximate surface area is 178 Å². The second kappa shape index (κ2) is 8.68. The lowest BCUT2D eigenvalue weighted by atomic mass is 9.74. The number of aromatic nitrogens is 2. The van der Waals surface area contributed by atoms with E-state index >= 15 is 0 Å². The van der Waals surface area contributed by atoms with Crippen molar-refractivity contribution < 1.29 is 13.9 Å². The van der Waals surface area contributed by atoms with E-state index < -0.39 is 17.9 Å². The minimum Gasteiger partial charge on any atom is -0.390 e. The fourth-order valence-electron chi connectivity index (χ4n) is 3.71. The van der Waals surface area contributed by atoms with Gasteiger partial charge in [-0.3, -0.25) is 0 Å². The van der Waals surface area contributed by atoms with Crippen molar-refractivity contribution in [3.05, 3.63) is 39.6 Å². The summed E-state index contributed by atoms with van der Waals surface area (Å²) in [6, 6.07) is 4.09. The topological polar surface area (TPSA) is 75.3 Å². The number of anilines is 1. The van der Waals surface area contributed by atoms with E-state index in [0.29, 0.717) is 64.4 Å². The quantitative estimate of drug-likeness (QED) is 0.712. The number of hydrogen-bond donors (Lipinski definition) is 2. The molecule has 2 aromatic rings. The molecule has 1 atom stereocenters. The van der Waals surface area contributed by atoms with Gasteiger partial charge in [0.05, 0.1) is 34.1 Å². The number of aliphatic hydroxyl groups is 1. The van der Waals surface area contributed by atoms with Crippen LogP contribution in [0.1, 0.15) is 31.2 Å². The SMILES string of the molecule is Cc1nc(N2CCC(C)(C(N)C(F)F)CC2)c(CO)nc1-c1cccc(Cl)c1Cl. The number of nitrogens with zero attached hydrogens (tertiary/aromatic N) is 3.